The number of nitrogens with two attached hydrogens (primary N) is 1. The van der Waals surface area contributed by atoms with Crippen LogP contribution in [-0.4, -0.2) is 53.9 Å². The van der Waals surface area contributed by atoms with Crippen molar-refractivity contribution >= 4 is 0 Å². The molecule has 0 aliphatic carbocycles. The first-order chi connectivity index (χ1) is 9.19. The van der Waals surface area contributed by atoms with Gasteiger partial charge in [-0.3, -0.25) is 9.88 Å². The molecular formula is C13H20FN3O2. The minimum absolute atomic E-state index is 0.0437. The zero-order valence-electron chi connectivity index (χ0n) is 10.8. The lowest BCUT2D eigenvalue weighted by molar-refractivity contribution is -0.0531. The zero-order chi connectivity index (χ0) is 13.7. The third-order valence-corrected chi connectivity index (χ3v) is 3.31. The van der Waals surface area contributed by atoms with Crippen molar-refractivity contribution in [3.8, 4) is 0 Å². The SMILES string of the molecule is NC(CCN1CCOC(CO)C1)c1ccc(F)cn1. The smallest absolute Gasteiger partial charge is 0.141 e. The van der Waals surface area contributed by atoms with Crippen molar-refractivity contribution in [1.82, 2.24) is 9.88 Å². The summed E-state index contributed by atoms with van der Waals surface area (Å²) >= 11 is 0. The molecule has 106 valence electrons. The second-order valence-corrected chi connectivity index (χ2v) is 4.77. The number of ether oxygens (including phenoxy) is 1. The van der Waals surface area contributed by atoms with Crippen molar-refractivity contribution in [1.29, 1.82) is 0 Å². The van der Waals surface area contributed by atoms with Crippen LogP contribution in [0.2, 0.25) is 0 Å². The van der Waals surface area contributed by atoms with E-state index in [0.717, 1.165) is 26.1 Å². The van der Waals surface area contributed by atoms with Crippen LogP contribution < -0.4 is 5.73 Å². The normalized spacial score (nSPS) is 22.4. The van der Waals surface area contributed by atoms with E-state index in [-0.39, 0.29) is 24.6 Å². The Hall–Kier alpha value is -1.08. The molecule has 0 bridgehead atoms. The maximum absolute atomic E-state index is 12.8. The quantitative estimate of drug-likeness (QED) is 0.804. The van der Waals surface area contributed by atoms with Crippen molar-refractivity contribution < 1.29 is 14.2 Å². The molecule has 19 heavy (non-hydrogen) atoms. The minimum atomic E-state index is -0.352. The summed E-state index contributed by atoms with van der Waals surface area (Å²) < 4.78 is 18.1. The lowest BCUT2D eigenvalue weighted by Crippen LogP contribution is -2.44. The molecule has 6 heteroatoms. The van der Waals surface area contributed by atoms with Gasteiger partial charge in [0.2, 0.25) is 0 Å². The predicted molar refractivity (Wildman–Crippen MR) is 69.0 cm³/mol. The Morgan fingerprint density at radius 3 is 3.11 bits per heavy atom. The molecule has 2 atom stereocenters. The summed E-state index contributed by atoms with van der Waals surface area (Å²) in [7, 11) is 0. The minimum Gasteiger partial charge on any atom is -0.394 e. The van der Waals surface area contributed by atoms with Crippen molar-refractivity contribution in [2.24, 2.45) is 5.73 Å². The summed E-state index contributed by atoms with van der Waals surface area (Å²) in [6.45, 7) is 3.07. The molecule has 1 aliphatic heterocycles. The highest BCUT2D eigenvalue weighted by atomic mass is 19.1. The lowest BCUT2D eigenvalue weighted by Gasteiger charge is -2.32. The first-order valence-electron chi connectivity index (χ1n) is 6.51. The van der Waals surface area contributed by atoms with Crippen molar-refractivity contribution in [3.63, 3.8) is 0 Å². The van der Waals surface area contributed by atoms with E-state index in [0.29, 0.717) is 12.3 Å². The monoisotopic (exact) mass is 269 g/mol. The number of hydrogen-bond donors (Lipinski definition) is 2. The maximum atomic E-state index is 12.8. The fourth-order valence-corrected chi connectivity index (χ4v) is 2.17. The molecule has 0 amide bonds. The standard InChI is InChI=1S/C13H20FN3O2/c14-10-1-2-13(16-7-10)12(15)3-4-17-5-6-19-11(8-17)9-18/h1-2,7,11-12,18H,3-6,8-9,15H2. The Balaban J connectivity index is 1.79. The van der Waals surface area contributed by atoms with Crippen molar-refractivity contribution in [2.75, 3.05) is 32.8 Å². The van der Waals surface area contributed by atoms with Gasteiger partial charge in [-0.05, 0) is 18.6 Å². The Labute approximate surface area is 112 Å². The number of rotatable bonds is 5. The Bertz CT molecular complexity index is 388. The summed E-state index contributed by atoms with van der Waals surface area (Å²) in [6, 6.07) is 2.80. The number of halogens is 1. The number of morpholine rings is 1. The first kappa shape index (κ1) is 14.3. The van der Waals surface area contributed by atoms with Crippen LogP contribution in [0.25, 0.3) is 0 Å². The molecule has 1 aliphatic rings. The fourth-order valence-electron chi connectivity index (χ4n) is 2.17. The van der Waals surface area contributed by atoms with Gasteiger partial charge in [0.05, 0.1) is 31.2 Å². The average molecular weight is 269 g/mol. The molecule has 2 heterocycles. The van der Waals surface area contributed by atoms with Gasteiger partial charge in [-0.15, -0.1) is 0 Å². The number of pyridine rings is 1. The second-order valence-electron chi connectivity index (χ2n) is 4.77. The average Bonchev–Trinajstić information content (AvgIpc) is 2.46. The van der Waals surface area contributed by atoms with E-state index in [1.807, 2.05) is 0 Å². The van der Waals surface area contributed by atoms with Crippen molar-refractivity contribution in [2.45, 2.75) is 18.6 Å². The van der Waals surface area contributed by atoms with E-state index in [4.69, 9.17) is 15.6 Å². The number of nitrogens with zero attached hydrogens (tertiary/aromatic N) is 2. The fraction of sp³-hybridized carbons (Fsp3) is 0.615. The van der Waals surface area contributed by atoms with Crippen LogP contribution in [-0.2, 0) is 4.74 Å². The van der Waals surface area contributed by atoms with Crippen LogP contribution in [0.4, 0.5) is 4.39 Å². The van der Waals surface area contributed by atoms with E-state index < -0.39 is 0 Å². The number of aromatic nitrogens is 1. The van der Waals surface area contributed by atoms with E-state index >= 15 is 0 Å². The van der Waals surface area contributed by atoms with Crippen LogP contribution in [0.1, 0.15) is 18.2 Å². The summed E-state index contributed by atoms with van der Waals surface area (Å²) in [5.74, 6) is -0.352. The summed E-state index contributed by atoms with van der Waals surface area (Å²) in [5.41, 5.74) is 6.74. The molecule has 1 fully saturated rings. The largest absolute Gasteiger partial charge is 0.394 e. The van der Waals surface area contributed by atoms with Crippen LogP contribution in [0, 0.1) is 5.82 Å². The van der Waals surface area contributed by atoms with E-state index in [1.165, 1.54) is 12.3 Å². The van der Waals surface area contributed by atoms with Gasteiger partial charge in [0.25, 0.3) is 0 Å². The van der Waals surface area contributed by atoms with Gasteiger partial charge in [-0.25, -0.2) is 4.39 Å². The van der Waals surface area contributed by atoms with Crippen LogP contribution in [0.15, 0.2) is 18.3 Å². The van der Waals surface area contributed by atoms with Gasteiger partial charge in [-0.1, -0.05) is 0 Å². The van der Waals surface area contributed by atoms with Crippen LogP contribution in [0.5, 0.6) is 0 Å². The van der Waals surface area contributed by atoms with Gasteiger partial charge in [0, 0.05) is 25.7 Å². The molecule has 1 saturated heterocycles. The predicted octanol–water partition coefficient (Wildman–Crippen LogP) is 0.304. The van der Waals surface area contributed by atoms with E-state index in [9.17, 15) is 4.39 Å². The first-order valence-corrected chi connectivity index (χ1v) is 6.51. The summed E-state index contributed by atoms with van der Waals surface area (Å²) in [5, 5.41) is 9.07. The van der Waals surface area contributed by atoms with Gasteiger partial charge in [0.15, 0.2) is 0 Å². The number of hydrogen-bond acceptors (Lipinski definition) is 5. The third-order valence-electron chi connectivity index (χ3n) is 3.31. The number of aliphatic hydroxyl groups excluding tert-OH is 1. The van der Waals surface area contributed by atoms with E-state index in [1.54, 1.807) is 6.07 Å². The molecular weight excluding hydrogens is 249 g/mol. The van der Waals surface area contributed by atoms with Crippen LogP contribution in [0.3, 0.4) is 0 Å². The van der Waals surface area contributed by atoms with Crippen molar-refractivity contribution in [3.05, 3.63) is 29.8 Å². The lowest BCUT2D eigenvalue weighted by atomic mass is 10.1. The van der Waals surface area contributed by atoms with Gasteiger partial charge in [-0.2, -0.15) is 0 Å². The molecule has 0 radical (unpaired) electrons. The summed E-state index contributed by atoms with van der Waals surface area (Å²) in [6.07, 6.45) is 1.83. The molecule has 1 aromatic heterocycles. The molecule has 0 saturated carbocycles. The molecule has 0 spiro atoms. The summed E-state index contributed by atoms with van der Waals surface area (Å²) in [4.78, 5) is 6.21. The third kappa shape index (κ3) is 4.21. The topological polar surface area (TPSA) is 71.6 Å². The van der Waals surface area contributed by atoms with E-state index in [2.05, 4.69) is 9.88 Å². The zero-order valence-corrected chi connectivity index (χ0v) is 10.8. The highest BCUT2D eigenvalue weighted by Crippen LogP contribution is 2.13. The maximum Gasteiger partial charge on any atom is 0.141 e. The molecule has 0 aromatic carbocycles. The van der Waals surface area contributed by atoms with Crippen LogP contribution >= 0.6 is 0 Å². The highest BCUT2D eigenvalue weighted by Gasteiger charge is 2.20. The Kier molecular flexibility index (Phi) is 5.21. The molecule has 2 unspecified atom stereocenters. The van der Waals surface area contributed by atoms with Gasteiger partial charge in [0.1, 0.15) is 5.82 Å². The number of aliphatic hydroxyl groups is 1. The van der Waals surface area contributed by atoms with Gasteiger partial charge >= 0.3 is 0 Å². The Morgan fingerprint density at radius 1 is 1.58 bits per heavy atom. The molecule has 1 aromatic rings. The molecule has 5 nitrogen and oxygen atoms in total. The Morgan fingerprint density at radius 2 is 2.42 bits per heavy atom. The highest BCUT2D eigenvalue weighted by molar-refractivity contribution is 5.09. The molecule has 2 rings (SSSR count). The second kappa shape index (κ2) is 6.91. The van der Waals surface area contributed by atoms with Gasteiger partial charge < -0.3 is 15.6 Å². The molecule has 3 N–H and O–H groups in total.